The van der Waals surface area contributed by atoms with Gasteiger partial charge in [-0.3, -0.25) is 0 Å². The van der Waals surface area contributed by atoms with Crippen LogP contribution in [0, 0.1) is 5.92 Å². The number of rotatable bonds is 6. The van der Waals surface area contributed by atoms with E-state index < -0.39 is 0 Å². The maximum Gasteiger partial charge on any atom is 0.320 e. The third-order valence-electron chi connectivity index (χ3n) is 2.47. The molecule has 0 aliphatic rings. The maximum absolute atomic E-state index is 5.53. The first-order valence-electron chi connectivity index (χ1n) is 6.30. The molecule has 0 spiro atoms. The number of nitrogens with zero attached hydrogens (tertiary/aromatic N) is 2. The Hall–Kier alpha value is -0.920. The number of aromatic nitrogens is 2. The number of nitrogens with one attached hydrogen (secondary N) is 2. The molecule has 5 nitrogen and oxygen atoms in total. The average molecular weight is 404 g/mol. The molecule has 0 bridgehead atoms. The van der Waals surface area contributed by atoms with Crippen LogP contribution >= 0.6 is 31.9 Å². The second-order valence-corrected chi connectivity index (χ2v) is 6.54. The summed E-state index contributed by atoms with van der Waals surface area (Å²) < 4.78 is 7.43. The lowest BCUT2D eigenvalue weighted by Gasteiger charge is -2.05. The number of hydrogen-bond acceptors (Lipinski definition) is 5. The first-order chi connectivity index (χ1) is 9.54. The molecular weight excluding hydrogens is 388 g/mol. The third kappa shape index (κ3) is 4.57. The van der Waals surface area contributed by atoms with E-state index in [1.54, 1.807) is 0 Å². The zero-order chi connectivity index (χ0) is 14.5. The minimum atomic E-state index is 0.380. The van der Waals surface area contributed by atoms with E-state index in [9.17, 15) is 0 Å². The van der Waals surface area contributed by atoms with Crippen molar-refractivity contribution in [1.29, 1.82) is 0 Å². The van der Waals surface area contributed by atoms with Gasteiger partial charge in [0.1, 0.15) is 0 Å². The molecule has 20 heavy (non-hydrogen) atoms. The molecule has 2 aromatic rings. The van der Waals surface area contributed by atoms with Crippen LogP contribution in [0.15, 0.2) is 31.6 Å². The van der Waals surface area contributed by atoms with Gasteiger partial charge in [0.05, 0.1) is 12.2 Å². The molecule has 1 heterocycles. The van der Waals surface area contributed by atoms with Gasteiger partial charge in [-0.1, -0.05) is 34.9 Å². The molecule has 0 radical (unpaired) electrons. The highest BCUT2D eigenvalue weighted by Crippen LogP contribution is 2.28. The van der Waals surface area contributed by atoms with Crippen LogP contribution in [-0.4, -0.2) is 16.7 Å². The fourth-order valence-electron chi connectivity index (χ4n) is 1.55. The van der Waals surface area contributed by atoms with Crippen LogP contribution in [0.2, 0.25) is 0 Å². The minimum Gasteiger partial charge on any atom is -0.406 e. The minimum absolute atomic E-state index is 0.380. The number of halogens is 2. The van der Waals surface area contributed by atoms with E-state index in [0.29, 0.717) is 24.4 Å². The summed E-state index contributed by atoms with van der Waals surface area (Å²) in [6.45, 7) is 5.80. The van der Waals surface area contributed by atoms with Crippen molar-refractivity contribution < 1.29 is 4.42 Å². The first kappa shape index (κ1) is 15.5. The molecule has 0 aliphatic heterocycles. The molecule has 7 heteroatoms. The fourth-order valence-corrected chi connectivity index (χ4v) is 2.26. The highest BCUT2D eigenvalue weighted by atomic mass is 79.9. The lowest BCUT2D eigenvalue weighted by Crippen LogP contribution is -2.19. The molecule has 1 aromatic carbocycles. The molecule has 0 atom stereocenters. The Morgan fingerprint density at radius 2 is 2.05 bits per heavy atom. The van der Waals surface area contributed by atoms with Gasteiger partial charge in [-0.2, -0.15) is 0 Å². The van der Waals surface area contributed by atoms with Gasteiger partial charge >= 0.3 is 6.01 Å². The molecule has 2 N–H and O–H groups in total. The quantitative estimate of drug-likeness (QED) is 0.760. The molecule has 0 aliphatic carbocycles. The molecule has 2 rings (SSSR count). The van der Waals surface area contributed by atoms with Crippen LogP contribution in [0.4, 0.5) is 11.7 Å². The molecule has 0 fully saturated rings. The van der Waals surface area contributed by atoms with Crippen molar-refractivity contribution in [3.05, 3.63) is 33.0 Å². The number of anilines is 2. The predicted octanol–water partition coefficient (Wildman–Crippen LogP) is 4.08. The fraction of sp³-hybridized carbons (Fsp3) is 0.385. The Balaban J connectivity index is 1.97. The molecule has 0 unspecified atom stereocenters. The van der Waals surface area contributed by atoms with Crippen molar-refractivity contribution in [3.8, 4) is 0 Å². The number of benzene rings is 1. The van der Waals surface area contributed by atoms with Crippen LogP contribution < -0.4 is 10.6 Å². The average Bonchev–Trinajstić information content (AvgIpc) is 2.81. The second kappa shape index (κ2) is 7.19. The SMILES string of the molecule is CC(C)CNCc1nnc(Nc2cc(Br)ccc2Br)o1. The van der Waals surface area contributed by atoms with Crippen LogP contribution in [0.25, 0.3) is 0 Å². The predicted molar refractivity (Wildman–Crippen MR) is 86.0 cm³/mol. The number of hydrogen-bond donors (Lipinski definition) is 2. The smallest absolute Gasteiger partial charge is 0.320 e. The van der Waals surface area contributed by atoms with E-state index in [2.05, 4.69) is 66.5 Å². The van der Waals surface area contributed by atoms with Crippen LogP contribution in [0.3, 0.4) is 0 Å². The Morgan fingerprint density at radius 1 is 1.25 bits per heavy atom. The van der Waals surface area contributed by atoms with Gasteiger partial charge in [-0.15, -0.1) is 5.10 Å². The molecule has 1 aromatic heterocycles. The Bertz CT molecular complexity index is 571. The molecule has 108 valence electrons. The Labute approximate surface area is 134 Å². The van der Waals surface area contributed by atoms with Crippen molar-refractivity contribution in [2.45, 2.75) is 20.4 Å². The van der Waals surface area contributed by atoms with Crippen molar-refractivity contribution in [2.24, 2.45) is 5.92 Å². The van der Waals surface area contributed by atoms with Gasteiger partial charge in [-0.25, -0.2) is 0 Å². The molecule has 0 saturated carbocycles. The monoisotopic (exact) mass is 402 g/mol. The topological polar surface area (TPSA) is 63.0 Å². The van der Waals surface area contributed by atoms with Crippen molar-refractivity contribution >= 4 is 43.6 Å². The third-order valence-corrected chi connectivity index (χ3v) is 3.65. The van der Waals surface area contributed by atoms with Crippen LogP contribution in [0.1, 0.15) is 19.7 Å². The lowest BCUT2D eigenvalue weighted by molar-refractivity contribution is 0.460. The highest BCUT2D eigenvalue weighted by molar-refractivity contribution is 9.11. The van der Waals surface area contributed by atoms with Gasteiger partial charge in [0.25, 0.3) is 0 Å². The summed E-state index contributed by atoms with van der Waals surface area (Å²) >= 11 is 6.89. The Kier molecular flexibility index (Phi) is 5.56. The van der Waals surface area contributed by atoms with Gasteiger partial charge in [0, 0.05) is 8.95 Å². The second-order valence-electron chi connectivity index (χ2n) is 4.77. The molecule has 0 amide bonds. The van der Waals surface area contributed by atoms with Crippen molar-refractivity contribution in [3.63, 3.8) is 0 Å². The summed E-state index contributed by atoms with van der Waals surface area (Å²) in [6, 6.07) is 6.20. The van der Waals surface area contributed by atoms with E-state index >= 15 is 0 Å². The normalized spacial score (nSPS) is 11.1. The summed E-state index contributed by atoms with van der Waals surface area (Å²) in [4.78, 5) is 0. The first-order valence-corrected chi connectivity index (χ1v) is 7.88. The Morgan fingerprint density at radius 3 is 2.80 bits per heavy atom. The van der Waals surface area contributed by atoms with E-state index in [4.69, 9.17) is 4.42 Å². The van der Waals surface area contributed by atoms with Crippen molar-refractivity contribution in [1.82, 2.24) is 15.5 Å². The lowest BCUT2D eigenvalue weighted by atomic mass is 10.2. The van der Waals surface area contributed by atoms with Gasteiger partial charge in [0.2, 0.25) is 5.89 Å². The summed E-state index contributed by atoms with van der Waals surface area (Å²) in [5.41, 5.74) is 0.865. The van der Waals surface area contributed by atoms with Gasteiger partial charge in [-0.05, 0) is 46.6 Å². The highest BCUT2D eigenvalue weighted by Gasteiger charge is 2.08. The van der Waals surface area contributed by atoms with E-state index in [1.165, 1.54) is 0 Å². The summed E-state index contributed by atoms with van der Waals surface area (Å²) in [5.74, 6) is 1.16. The van der Waals surface area contributed by atoms with Gasteiger partial charge in [0.15, 0.2) is 0 Å². The zero-order valence-electron chi connectivity index (χ0n) is 11.3. The van der Waals surface area contributed by atoms with Gasteiger partial charge < -0.3 is 15.1 Å². The molecule has 0 saturated heterocycles. The van der Waals surface area contributed by atoms with Crippen LogP contribution in [-0.2, 0) is 6.54 Å². The van der Waals surface area contributed by atoms with E-state index in [1.807, 2.05) is 18.2 Å². The van der Waals surface area contributed by atoms with Crippen molar-refractivity contribution in [2.75, 3.05) is 11.9 Å². The van der Waals surface area contributed by atoms with Crippen LogP contribution in [0.5, 0.6) is 0 Å². The largest absolute Gasteiger partial charge is 0.406 e. The molecular formula is C13H16Br2N4O. The zero-order valence-corrected chi connectivity index (χ0v) is 14.5. The maximum atomic E-state index is 5.53. The standard InChI is InChI=1S/C13H16Br2N4O/c1-8(2)6-16-7-12-18-19-13(20-12)17-11-5-9(14)3-4-10(11)15/h3-5,8,16H,6-7H2,1-2H3,(H,17,19). The summed E-state index contributed by atoms with van der Waals surface area (Å²) in [6.07, 6.45) is 0. The van der Waals surface area contributed by atoms with E-state index in [0.717, 1.165) is 21.2 Å². The van der Waals surface area contributed by atoms with E-state index in [-0.39, 0.29) is 0 Å². The summed E-state index contributed by atoms with van der Waals surface area (Å²) in [7, 11) is 0. The summed E-state index contributed by atoms with van der Waals surface area (Å²) in [5, 5.41) is 14.3.